The summed E-state index contributed by atoms with van der Waals surface area (Å²) in [6.45, 7) is 1.36. The van der Waals surface area contributed by atoms with Gasteiger partial charge in [-0.15, -0.1) is 0 Å². The predicted octanol–water partition coefficient (Wildman–Crippen LogP) is 3.63. The van der Waals surface area contributed by atoms with E-state index in [0.29, 0.717) is 41.5 Å². The molecule has 1 fully saturated rings. The first-order valence-electron chi connectivity index (χ1n) is 10.1. The number of amides is 1. The first kappa shape index (κ1) is 22.2. The third-order valence-corrected chi connectivity index (χ3v) is 5.11. The Morgan fingerprint density at radius 1 is 0.903 bits per heavy atom. The molecule has 0 unspecified atom stereocenters. The SMILES string of the molecule is COc1cc(OC)c(OC)cc1/C=C/C(=O)O[C@@H](C(=O)N1CCCC1)c1ccccc1. The monoisotopic (exact) mass is 425 g/mol. The van der Waals surface area contributed by atoms with Crippen LogP contribution in [-0.4, -0.2) is 51.2 Å². The third-order valence-electron chi connectivity index (χ3n) is 5.11. The number of likely N-dealkylation sites (tertiary alicyclic amines) is 1. The highest BCUT2D eigenvalue weighted by Crippen LogP contribution is 2.35. The number of hydrogen-bond donors (Lipinski definition) is 0. The maximum atomic E-state index is 13.0. The second-order valence-electron chi connectivity index (χ2n) is 7.04. The molecule has 0 aliphatic carbocycles. The molecule has 2 aromatic carbocycles. The molecule has 164 valence electrons. The summed E-state index contributed by atoms with van der Waals surface area (Å²) in [6.07, 6.45) is 3.77. The van der Waals surface area contributed by atoms with E-state index in [4.69, 9.17) is 18.9 Å². The van der Waals surface area contributed by atoms with E-state index >= 15 is 0 Å². The zero-order chi connectivity index (χ0) is 22.2. The van der Waals surface area contributed by atoms with Crippen LogP contribution in [0, 0.1) is 0 Å². The van der Waals surface area contributed by atoms with Crippen molar-refractivity contribution in [2.75, 3.05) is 34.4 Å². The van der Waals surface area contributed by atoms with Crippen molar-refractivity contribution in [3.05, 3.63) is 59.7 Å². The summed E-state index contributed by atoms with van der Waals surface area (Å²) in [5.74, 6) is 0.698. The molecular formula is C24H27NO6. The Morgan fingerprint density at radius 3 is 2.13 bits per heavy atom. The van der Waals surface area contributed by atoms with Crippen LogP contribution >= 0.6 is 0 Å². The van der Waals surface area contributed by atoms with Crippen molar-refractivity contribution in [3.63, 3.8) is 0 Å². The lowest BCUT2D eigenvalue weighted by Gasteiger charge is -2.23. The summed E-state index contributed by atoms with van der Waals surface area (Å²) in [6, 6.07) is 12.4. The molecule has 1 heterocycles. The van der Waals surface area contributed by atoms with Gasteiger partial charge in [0.25, 0.3) is 5.91 Å². The van der Waals surface area contributed by atoms with Crippen LogP contribution in [0.1, 0.15) is 30.1 Å². The van der Waals surface area contributed by atoms with Crippen molar-refractivity contribution < 1.29 is 28.5 Å². The molecule has 1 atom stereocenters. The minimum atomic E-state index is -0.983. The highest BCUT2D eigenvalue weighted by molar-refractivity contribution is 5.91. The quantitative estimate of drug-likeness (QED) is 0.475. The molecule has 31 heavy (non-hydrogen) atoms. The first-order valence-corrected chi connectivity index (χ1v) is 10.1. The molecule has 0 saturated carbocycles. The van der Waals surface area contributed by atoms with E-state index in [1.807, 2.05) is 18.2 Å². The highest BCUT2D eigenvalue weighted by Gasteiger charge is 2.30. The van der Waals surface area contributed by atoms with Gasteiger partial charge in [-0.2, -0.15) is 0 Å². The summed E-state index contributed by atoms with van der Waals surface area (Å²) in [5, 5.41) is 0. The van der Waals surface area contributed by atoms with Gasteiger partial charge in [-0.3, -0.25) is 4.79 Å². The Morgan fingerprint density at radius 2 is 1.52 bits per heavy atom. The molecule has 3 rings (SSSR count). The number of carbonyl (C=O) groups is 2. The molecule has 2 aromatic rings. The Labute approximate surface area is 182 Å². The molecule has 1 amide bonds. The second-order valence-corrected chi connectivity index (χ2v) is 7.04. The average molecular weight is 425 g/mol. The van der Waals surface area contributed by atoms with Gasteiger partial charge in [0.1, 0.15) is 5.75 Å². The van der Waals surface area contributed by atoms with Crippen LogP contribution in [0.5, 0.6) is 17.2 Å². The molecule has 1 saturated heterocycles. The second kappa shape index (κ2) is 10.5. The standard InChI is InChI=1S/C24H27NO6/c1-28-19-16-21(30-3)20(29-2)15-18(19)11-12-22(26)31-23(17-9-5-4-6-10-17)24(27)25-13-7-8-14-25/h4-6,9-12,15-16,23H,7-8,13-14H2,1-3H3/b12-11+/t23-/m1/s1. The minimum Gasteiger partial charge on any atom is -0.496 e. The summed E-state index contributed by atoms with van der Waals surface area (Å²) in [5.41, 5.74) is 1.25. The lowest BCUT2D eigenvalue weighted by atomic mass is 10.1. The lowest BCUT2D eigenvalue weighted by Crippen LogP contribution is -2.34. The van der Waals surface area contributed by atoms with Crippen LogP contribution in [0.2, 0.25) is 0 Å². The highest BCUT2D eigenvalue weighted by atomic mass is 16.5. The summed E-state index contributed by atoms with van der Waals surface area (Å²) >= 11 is 0. The van der Waals surface area contributed by atoms with Gasteiger partial charge in [0.05, 0.1) is 21.3 Å². The van der Waals surface area contributed by atoms with Crippen LogP contribution < -0.4 is 14.2 Å². The number of hydrogen-bond acceptors (Lipinski definition) is 6. The van der Waals surface area contributed by atoms with E-state index in [0.717, 1.165) is 12.8 Å². The third kappa shape index (κ3) is 5.36. The molecule has 0 aromatic heterocycles. The van der Waals surface area contributed by atoms with Gasteiger partial charge in [0.15, 0.2) is 11.5 Å². The Bertz CT molecular complexity index is 935. The number of methoxy groups -OCH3 is 3. The summed E-state index contributed by atoms with van der Waals surface area (Å²) < 4.78 is 21.6. The molecule has 1 aliphatic rings. The van der Waals surface area contributed by atoms with Crippen molar-refractivity contribution >= 4 is 18.0 Å². The number of esters is 1. The Kier molecular flexibility index (Phi) is 7.54. The number of benzene rings is 2. The first-order chi connectivity index (χ1) is 15.1. The van der Waals surface area contributed by atoms with Crippen LogP contribution in [-0.2, 0) is 14.3 Å². The molecule has 1 aliphatic heterocycles. The zero-order valence-corrected chi connectivity index (χ0v) is 18.0. The molecule has 0 radical (unpaired) electrons. The Hall–Kier alpha value is -3.48. The maximum absolute atomic E-state index is 13.0. The fourth-order valence-corrected chi connectivity index (χ4v) is 3.49. The minimum absolute atomic E-state index is 0.200. The van der Waals surface area contributed by atoms with Crippen molar-refractivity contribution in [1.82, 2.24) is 4.90 Å². The van der Waals surface area contributed by atoms with E-state index in [1.165, 1.54) is 27.4 Å². The molecule has 7 heteroatoms. The van der Waals surface area contributed by atoms with Gasteiger partial charge in [-0.25, -0.2) is 4.79 Å². The topological polar surface area (TPSA) is 74.3 Å². The molecule has 7 nitrogen and oxygen atoms in total. The normalized spacial score (nSPS) is 14.4. The van der Waals surface area contributed by atoms with Crippen molar-refractivity contribution in [2.24, 2.45) is 0 Å². The number of rotatable bonds is 8. The van der Waals surface area contributed by atoms with E-state index in [9.17, 15) is 9.59 Å². The van der Waals surface area contributed by atoms with Crippen LogP contribution in [0.15, 0.2) is 48.5 Å². The van der Waals surface area contributed by atoms with Gasteiger partial charge in [0.2, 0.25) is 6.10 Å². The lowest BCUT2D eigenvalue weighted by molar-refractivity contribution is -0.156. The van der Waals surface area contributed by atoms with Crippen LogP contribution in [0.4, 0.5) is 0 Å². The fraction of sp³-hybridized carbons (Fsp3) is 0.333. The maximum Gasteiger partial charge on any atom is 0.331 e. The van der Waals surface area contributed by atoms with Crippen LogP contribution in [0.25, 0.3) is 6.08 Å². The van der Waals surface area contributed by atoms with Crippen molar-refractivity contribution in [2.45, 2.75) is 18.9 Å². The largest absolute Gasteiger partial charge is 0.496 e. The van der Waals surface area contributed by atoms with Gasteiger partial charge < -0.3 is 23.8 Å². The molecule has 0 spiro atoms. The number of carbonyl (C=O) groups excluding carboxylic acids is 2. The zero-order valence-electron chi connectivity index (χ0n) is 18.0. The van der Waals surface area contributed by atoms with Crippen molar-refractivity contribution in [3.8, 4) is 17.2 Å². The molecule has 0 N–H and O–H groups in total. The molecular weight excluding hydrogens is 398 g/mol. The summed E-state index contributed by atoms with van der Waals surface area (Å²) in [4.78, 5) is 27.3. The van der Waals surface area contributed by atoms with E-state index in [2.05, 4.69) is 0 Å². The number of ether oxygens (including phenoxy) is 4. The van der Waals surface area contributed by atoms with Gasteiger partial charge >= 0.3 is 5.97 Å². The smallest absolute Gasteiger partial charge is 0.331 e. The van der Waals surface area contributed by atoms with E-state index in [1.54, 1.807) is 35.2 Å². The van der Waals surface area contributed by atoms with Gasteiger partial charge in [0, 0.05) is 36.4 Å². The van der Waals surface area contributed by atoms with Gasteiger partial charge in [-0.05, 0) is 25.0 Å². The van der Waals surface area contributed by atoms with Crippen molar-refractivity contribution in [1.29, 1.82) is 0 Å². The van der Waals surface area contributed by atoms with E-state index in [-0.39, 0.29) is 5.91 Å². The predicted molar refractivity (Wildman–Crippen MR) is 116 cm³/mol. The molecule has 0 bridgehead atoms. The van der Waals surface area contributed by atoms with E-state index < -0.39 is 12.1 Å². The van der Waals surface area contributed by atoms with Gasteiger partial charge in [-0.1, -0.05) is 30.3 Å². The summed E-state index contributed by atoms with van der Waals surface area (Å²) in [7, 11) is 4.59. The number of nitrogens with zero attached hydrogens (tertiary/aromatic N) is 1. The van der Waals surface area contributed by atoms with Crippen LogP contribution in [0.3, 0.4) is 0 Å². The Balaban J connectivity index is 1.81. The fourth-order valence-electron chi connectivity index (χ4n) is 3.49. The average Bonchev–Trinajstić information content (AvgIpc) is 3.35.